The highest BCUT2D eigenvalue weighted by Gasteiger charge is 2.20. The Hall–Kier alpha value is -1.88. The highest BCUT2D eigenvalue weighted by Crippen LogP contribution is 2.11. The normalized spacial score (nSPS) is 13.9. The molecule has 0 spiro atoms. The zero-order chi connectivity index (χ0) is 12.1. The summed E-state index contributed by atoms with van der Waals surface area (Å²) in [5.41, 5.74) is 5.46. The van der Waals surface area contributed by atoms with Crippen molar-refractivity contribution in [3.8, 4) is 0 Å². The van der Waals surface area contributed by atoms with Crippen LogP contribution in [0.25, 0.3) is 0 Å². The Morgan fingerprint density at radius 2 is 1.88 bits per heavy atom. The Morgan fingerprint density at radius 3 is 2.38 bits per heavy atom. The molecule has 0 bridgehead atoms. The first-order valence-electron chi connectivity index (χ1n) is 4.85. The zero-order valence-electron chi connectivity index (χ0n) is 8.88. The van der Waals surface area contributed by atoms with Gasteiger partial charge in [-0.25, -0.2) is 0 Å². The summed E-state index contributed by atoms with van der Waals surface area (Å²) in [7, 11) is 0. The van der Waals surface area contributed by atoms with Crippen LogP contribution in [0.15, 0.2) is 30.3 Å². The van der Waals surface area contributed by atoms with Crippen LogP contribution >= 0.6 is 0 Å². The molecule has 0 radical (unpaired) electrons. The van der Waals surface area contributed by atoms with E-state index in [9.17, 15) is 14.7 Å². The van der Waals surface area contributed by atoms with E-state index in [4.69, 9.17) is 5.73 Å². The molecule has 0 fully saturated rings. The first kappa shape index (κ1) is 12.2. The zero-order valence-corrected chi connectivity index (χ0v) is 8.88. The second-order valence-corrected chi connectivity index (χ2v) is 3.45. The first-order chi connectivity index (χ1) is 7.52. The fourth-order valence-corrected chi connectivity index (χ4v) is 1.15. The highest BCUT2D eigenvalue weighted by molar-refractivity contribution is 5.88. The van der Waals surface area contributed by atoms with Crippen molar-refractivity contribution in [2.75, 3.05) is 0 Å². The topological polar surface area (TPSA) is 92.4 Å². The standard InChI is InChI=1S/C11H14N2O3/c1-7(10(12)15)13-11(16)9(14)8-5-3-2-4-6-8/h2-7,9,14H,1H3,(H2,12,15)(H,13,16). The highest BCUT2D eigenvalue weighted by atomic mass is 16.3. The number of benzene rings is 1. The monoisotopic (exact) mass is 222 g/mol. The summed E-state index contributed by atoms with van der Waals surface area (Å²) in [5.74, 6) is -1.29. The van der Waals surface area contributed by atoms with Crippen LogP contribution in [0.2, 0.25) is 0 Å². The van der Waals surface area contributed by atoms with Crippen LogP contribution in [0, 0.1) is 0 Å². The molecule has 1 aromatic rings. The maximum absolute atomic E-state index is 11.5. The van der Waals surface area contributed by atoms with Gasteiger partial charge in [-0.05, 0) is 12.5 Å². The van der Waals surface area contributed by atoms with Gasteiger partial charge >= 0.3 is 0 Å². The van der Waals surface area contributed by atoms with Crippen molar-refractivity contribution in [3.63, 3.8) is 0 Å². The summed E-state index contributed by atoms with van der Waals surface area (Å²) in [5, 5.41) is 12.0. The molecule has 0 aliphatic carbocycles. The van der Waals surface area contributed by atoms with Crippen LogP contribution < -0.4 is 11.1 Å². The number of nitrogens with two attached hydrogens (primary N) is 1. The Kier molecular flexibility index (Phi) is 4.02. The summed E-state index contributed by atoms with van der Waals surface area (Å²) in [4.78, 5) is 22.2. The van der Waals surface area contributed by atoms with Crippen molar-refractivity contribution >= 4 is 11.8 Å². The fraction of sp³-hybridized carbons (Fsp3) is 0.273. The van der Waals surface area contributed by atoms with Crippen molar-refractivity contribution in [1.82, 2.24) is 5.32 Å². The lowest BCUT2D eigenvalue weighted by Crippen LogP contribution is -2.44. The molecule has 4 N–H and O–H groups in total. The molecule has 1 aromatic carbocycles. The van der Waals surface area contributed by atoms with Crippen LogP contribution in [-0.4, -0.2) is 23.0 Å². The van der Waals surface area contributed by atoms with E-state index < -0.39 is 24.0 Å². The molecule has 2 unspecified atom stereocenters. The minimum atomic E-state index is -1.29. The van der Waals surface area contributed by atoms with Crippen molar-refractivity contribution in [3.05, 3.63) is 35.9 Å². The Balaban J connectivity index is 2.65. The number of primary amides is 1. The predicted octanol–water partition coefficient (Wildman–Crippen LogP) is -0.290. The van der Waals surface area contributed by atoms with E-state index in [0.29, 0.717) is 5.56 Å². The molecule has 0 aliphatic heterocycles. The molecular formula is C11H14N2O3. The van der Waals surface area contributed by atoms with Crippen molar-refractivity contribution in [2.45, 2.75) is 19.1 Å². The molecule has 2 atom stereocenters. The molecule has 5 heteroatoms. The second-order valence-electron chi connectivity index (χ2n) is 3.45. The lowest BCUT2D eigenvalue weighted by molar-refractivity contribution is -0.133. The van der Waals surface area contributed by atoms with Crippen LogP contribution in [0.3, 0.4) is 0 Å². The predicted molar refractivity (Wildman–Crippen MR) is 58.2 cm³/mol. The molecule has 1 rings (SSSR count). The lowest BCUT2D eigenvalue weighted by atomic mass is 10.1. The van der Waals surface area contributed by atoms with Crippen LogP contribution in [0.4, 0.5) is 0 Å². The number of hydrogen-bond acceptors (Lipinski definition) is 3. The number of nitrogens with one attached hydrogen (secondary N) is 1. The van der Waals surface area contributed by atoms with Gasteiger partial charge in [-0.1, -0.05) is 30.3 Å². The summed E-state index contributed by atoms with van der Waals surface area (Å²) in [6.07, 6.45) is -1.29. The maximum atomic E-state index is 11.5. The van der Waals surface area contributed by atoms with Gasteiger partial charge in [0.2, 0.25) is 5.91 Å². The lowest BCUT2D eigenvalue weighted by Gasteiger charge is -2.14. The molecule has 0 saturated carbocycles. The van der Waals surface area contributed by atoms with Crippen LogP contribution in [0.1, 0.15) is 18.6 Å². The van der Waals surface area contributed by atoms with E-state index in [-0.39, 0.29) is 0 Å². The number of aliphatic hydroxyl groups excluding tert-OH is 1. The maximum Gasteiger partial charge on any atom is 0.254 e. The summed E-state index contributed by atoms with van der Waals surface area (Å²) < 4.78 is 0. The molecule has 0 heterocycles. The number of hydrogen-bond donors (Lipinski definition) is 3. The SMILES string of the molecule is CC(NC(=O)C(O)c1ccccc1)C(N)=O. The van der Waals surface area contributed by atoms with E-state index in [1.54, 1.807) is 30.3 Å². The Bertz CT molecular complexity index is 378. The number of carbonyl (C=O) groups is 2. The smallest absolute Gasteiger partial charge is 0.254 e. The number of amides is 2. The van der Waals surface area contributed by atoms with E-state index in [2.05, 4.69) is 5.32 Å². The molecule has 5 nitrogen and oxygen atoms in total. The van der Waals surface area contributed by atoms with Gasteiger partial charge in [-0.2, -0.15) is 0 Å². The molecule has 0 aliphatic rings. The van der Waals surface area contributed by atoms with Gasteiger partial charge in [-0.15, -0.1) is 0 Å². The third-order valence-corrected chi connectivity index (χ3v) is 2.15. The first-order valence-corrected chi connectivity index (χ1v) is 4.85. The van der Waals surface area contributed by atoms with E-state index in [1.165, 1.54) is 6.92 Å². The Morgan fingerprint density at radius 1 is 1.31 bits per heavy atom. The molecule has 0 aromatic heterocycles. The van der Waals surface area contributed by atoms with Crippen LogP contribution in [0.5, 0.6) is 0 Å². The number of aliphatic hydroxyl groups is 1. The molecule has 0 saturated heterocycles. The minimum absolute atomic E-state index is 0.469. The van der Waals surface area contributed by atoms with Gasteiger partial charge in [-0.3, -0.25) is 9.59 Å². The third kappa shape index (κ3) is 3.06. The van der Waals surface area contributed by atoms with Crippen LogP contribution in [-0.2, 0) is 9.59 Å². The minimum Gasteiger partial charge on any atom is -0.378 e. The molecule has 16 heavy (non-hydrogen) atoms. The van der Waals surface area contributed by atoms with Gasteiger partial charge < -0.3 is 16.2 Å². The van der Waals surface area contributed by atoms with Crippen molar-refractivity contribution < 1.29 is 14.7 Å². The third-order valence-electron chi connectivity index (χ3n) is 2.15. The summed E-state index contributed by atoms with van der Waals surface area (Å²) in [6, 6.07) is 7.65. The van der Waals surface area contributed by atoms with Crippen molar-refractivity contribution in [2.24, 2.45) is 5.73 Å². The number of carbonyl (C=O) groups excluding carboxylic acids is 2. The average molecular weight is 222 g/mol. The molecule has 2 amide bonds. The van der Waals surface area contributed by atoms with E-state index in [1.807, 2.05) is 0 Å². The van der Waals surface area contributed by atoms with Gasteiger partial charge in [0.25, 0.3) is 5.91 Å². The van der Waals surface area contributed by atoms with Gasteiger partial charge in [0.1, 0.15) is 6.04 Å². The average Bonchev–Trinajstić information content (AvgIpc) is 2.28. The fourth-order valence-electron chi connectivity index (χ4n) is 1.15. The molecule has 86 valence electrons. The molecular weight excluding hydrogens is 208 g/mol. The number of rotatable bonds is 4. The van der Waals surface area contributed by atoms with E-state index in [0.717, 1.165) is 0 Å². The van der Waals surface area contributed by atoms with E-state index >= 15 is 0 Å². The van der Waals surface area contributed by atoms with Gasteiger partial charge in [0.15, 0.2) is 6.10 Å². The van der Waals surface area contributed by atoms with Crippen molar-refractivity contribution in [1.29, 1.82) is 0 Å². The van der Waals surface area contributed by atoms with Gasteiger partial charge in [0.05, 0.1) is 0 Å². The van der Waals surface area contributed by atoms with Gasteiger partial charge in [0, 0.05) is 0 Å². The largest absolute Gasteiger partial charge is 0.378 e. The summed E-state index contributed by atoms with van der Waals surface area (Å²) in [6.45, 7) is 1.46. The quantitative estimate of drug-likeness (QED) is 0.653. The Labute approximate surface area is 93.3 Å². The second kappa shape index (κ2) is 5.27. The summed E-state index contributed by atoms with van der Waals surface area (Å²) >= 11 is 0.